The third-order valence-electron chi connectivity index (χ3n) is 3.12. The van der Waals surface area contributed by atoms with Gasteiger partial charge in [0, 0.05) is 11.8 Å². The van der Waals surface area contributed by atoms with Crippen molar-refractivity contribution in [2.45, 2.75) is 0 Å². The zero-order chi connectivity index (χ0) is 15.5. The predicted octanol–water partition coefficient (Wildman–Crippen LogP) is 2.56. The van der Waals surface area contributed by atoms with E-state index in [0.717, 1.165) is 4.68 Å². The molecule has 0 spiro atoms. The molecule has 0 aliphatic carbocycles. The molecule has 22 heavy (non-hydrogen) atoms. The lowest BCUT2D eigenvalue weighted by Crippen LogP contribution is -2.21. The number of carbonyl (C=O) groups excluding carboxylic acids is 1. The Morgan fingerprint density at radius 2 is 1.86 bits per heavy atom. The molecule has 0 saturated heterocycles. The first kappa shape index (κ1) is 13.8. The van der Waals surface area contributed by atoms with Crippen LogP contribution in [-0.4, -0.2) is 15.7 Å². The Kier molecular flexibility index (Phi) is 3.57. The van der Waals surface area contributed by atoms with E-state index in [-0.39, 0.29) is 11.6 Å². The van der Waals surface area contributed by atoms with Gasteiger partial charge in [-0.1, -0.05) is 24.3 Å². The number of nitrogens with zero attached hydrogens (tertiary/aromatic N) is 1. The van der Waals surface area contributed by atoms with Crippen LogP contribution in [-0.2, 0) is 0 Å². The highest BCUT2D eigenvalue weighted by atomic mass is 19.1. The maximum atomic E-state index is 13.2. The van der Waals surface area contributed by atoms with Gasteiger partial charge in [0.2, 0.25) is 0 Å². The summed E-state index contributed by atoms with van der Waals surface area (Å²) in [5.41, 5.74) is 0.429. The van der Waals surface area contributed by atoms with Crippen molar-refractivity contribution in [3.8, 4) is 5.69 Å². The highest BCUT2D eigenvalue weighted by Crippen LogP contribution is 2.09. The van der Waals surface area contributed by atoms with Crippen molar-refractivity contribution in [1.82, 2.24) is 9.78 Å². The summed E-state index contributed by atoms with van der Waals surface area (Å²) in [4.78, 5) is 24.3. The molecule has 0 saturated carbocycles. The lowest BCUT2D eigenvalue weighted by molar-refractivity contribution is 0.102. The number of benzene rings is 2. The molecule has 0 aliphatic heterocycles. The fourth-order valence-corrected chi connectivity index (χ4v) is 2.05. The Bertz CT molecular complexity index is 868. The summed E-state index contributed by atoms with van der Waals surface area (Å²) in [6.07, 6.45) is 1.37. The number of hydrogen-bond donors (Lipinski definition) is 2. The van der Waals surface area contributed by atoms with Crippen LogP contribution in [0.1, 0.15) is 10.4 Å². The van der Waals surface area contributed by atoms with Crippen LogP contribution in [0.15, 0.2) is 65.6 Å². The summed E-state index contributed by atoms with van der Waals surface area (Å²) >= 11 is 0. The SMILES string of the molecule is O=C(Nc1c[nH]n(-c2cccc(F)c2)c1=O)c1ccccc1. The molecule has 6 heteroatoms. The molecule has 0 atom stereocenters. The van der Waals surface area contributed by atoms with E-state index >= 15 is 0 Å². The first-order chi connectivity index (χ1) is 10.6. The van der Waals surface area contributed by atoms with Crippen molar-refractivity contribution in [3.63, 3.8) is 0 Å². The van der Waals surface area contributed by atoms with Crippen molar-refractivity contribution >= 4 is 11.6 Å². The van der Waals surface area contributed by atoms with Crippen LogP contribution in [0.3, 0.4) is 0 Å². The van der Waals surface area contributed by atoms with Crippen LogP contribution in [0.5, 0.6) is 0 Å². The third-order valence-corrected chi connectivity index (χ3v) is 3.12. The molecule has 2 N–H and O–H groups in total. The van der Waals surface area contributed by atoms with Crippen molar-refractivity contribution in [1.29, 1.82) is 0 Å². The van der Waals surface area contributed by atoms with E-state index in [2.05, 4.69) is 10.4 Å². The lowest BCUT2D eigenvalue weighted by Gasteiger charge is -2.02. The number of aromatic nitrogens is 2. The van der Waals surface area contributed by atoms with E-state index in [4.69, 9.17) is 0 Å². The van der Waals surface area contributed by atoms with Gasteiger partial charge >= 0.3 is 0 Å². The minimum atomic E-state index is -0.463. The molecule has 1 heterocycles. The summed E-state index contributed by atoms with van der Waals surface area (Å²) in [7, 11) is 0. The van der Waals surface area contributed by atoms with E-state index < -0.39 is 11.4 Å². The number of amides is 1. The van der Waals surface area contributed by atoms with Crippen LogP contribution in [0.2, 0.25) is 0 Å². The van der Waals surface area contributed by atoms with Gasteiger partial charge in [0.25, 0.3) is 11.5 Å². The highest BCUT2D eigenvalue weighted by Gasteiger charge is 2.12. The monoisotopic (exact) mass is 297 g/mol. The summed E-state index contributed by atoms with van der Waals surface area (Å²) in [6, 6.07) is 14.2. The quantitative estimate of drug-likeness (QED) is 0.780. The topological polar surface area (TPSA) is 66.9 Å². The molecule has 110 valence electrons. The van der Waals surface area contributed by atoms with Crippen molar-refractivity contribution in [3.05, 3.63) is 82.5 Å². The second-order valence-electron chi connectivity index (χ2n) is 4.63. The molecule has 5 nitrogen and oxygen atoms in total. The summed E-state index contributed by atoms with van der Waals surface area (Å²) in [6.45, 7) is 0. The Balaban J connectivity index is 1.88. The van der Waals surface area contributed by atoms with Crippen LogP contribution in [0.4, 0.5) is 10.1 Å². The first-order valence-corrected chi connectivity index (χ1v) is 6.58. The maximum absolute atomic E-state index is 13.2. The maximum Gasteiger partial charge on any atom is 0.294 e. The predicted molar refractivity (Wildman–Crippen MR) is 80.7 cm³/mol. The van der Waals surface area contributed by atoms with Crippen LogP contribution in [0.25, 0.3) is 5.69 Å². The smallest absolute Gasteiger partial charge is 0.294 e. The molecule has 0 aliphatic rings. The number of H-pyrrole nitrogens is 1. The van der Waals surface area contributed by atoms with E-state index in [0.29, 0.717) is 11.3 Å². The molecule has 1 amide bonds. The zero-order valence-electron chi connectivity index (χ0n) is 11.4. The molecule has 3 rings (SSSR count). The fraction of sp³-hybridized carbons (Fsp3) is 0. The first-order valence-electron chi connectivity index (χ1n) is 6.58. The van der Waals surface area contributed by atoms with Gasteiger partial charge < -0.3 is 5.32 Å². The Morgan fingerprint density at radius 1 is 1.09 bits per heavy atom. The van der Waals surface area contributed by atoms with Gasteiger partial charge in [-0.15, -0.1) is 0 Å². The molecule has 0 radical (unpaired) electrons. The molecule has 0 unspecified atom stereocenters. The van der Waals surface area contributed by atoms with Crippen molar-refractivity contribution in [2.75, 3.05) is 5.32 Å². The molecule has 2 aromatic carbocycles. The Hall–Kier alpha value is -3.15. The summed E-state index contributed by atoms with van der Waals surface area (Å²) in [5, 5.41) is 5.23. The minimum absolute atomic E-state index is 0.0955. The largest absolute Gasteiger partial charge is 0.316 e. The second-order valence-corrected chi connectivity index (χ2v) is 4.63. The Morgan fingerprint density at radius 3 is 2.59 bits per heavy atom. The van der Waals surface area contributed by atoms with Crippen molar-refractivity contribution < 1.29 is 9.18 Å². The zero-order valence-corrected chi connectivity index (χ0v) is 11.4. The standard InChI is InChI=1S/C16H12FN3O2/c17-12-7-4-8-13(9-12)20-16(22)14(10-18-20)19-15(21)11-5-2-1-3-6-11/h1-10,18H,(H,19,21). The number of rotatable bonds is 3. The molecule has 0 bridgehead atoms. The van der Waals surface area contributed by atoms with Gasteiger partial charge in [-0.3, -0.25) is 14.7 Å². The Labute approximate surface area is 125 Å². The number of anilines is 1. The third kappa shape index (κ3) is 2.67. The molecular formula is C16H12FN3O2. The van der Waals surface area contributed by atoms with E-state index in [1.165, 1.54) is 24.4 Å². The van der Waals surface area contributed by atoms with E-state index in [1.807, 2.05) is 0 Å². The van der Waals surface area contributed by atoms with Gasteiger partial charge in [-0.25, -0.2) is 9.07 Å². The van der Waals surface area contributed by atoms with Crippen LogP contribution in [0, 0.1) is 5.82 Å². The number of aromatic amines is 1. The average molecular weight is 297 g/mol. The highest BCUT2D eigenvalue weighted by molar-refractivity contribution is 6.04. The second kappa shape index (κ2) is 5.69. The fourth-order valence-electron chi connectivity index (χ4n) is 2.05. The minimum Gasteiger partial charge on any atom is -0.316 e. The van der Waals surface area contributed by atoms with Crippen LogP contribution < -0.4 is 10.9 Å². The van der Waals surface area contributed by atoms with Gasteiger partial charge in [0.05, 0.1) is 5.69 Å². The number of halogens is 1. The van der Waals surface area contributed by atoms with E-state index in [9.17, 15) is 14.0 Å². The average Bonchev–Trinajstić information content (AvgIpc) is 2.89. The molecule has 0 fully saturated rings. The van der Waals surface area contributed by atoms with Gasteiger partial charge in [0.15, 0.2) is 0 Å². The van der Waals surface area contributed by atoms with Crippen LogP contribution >= 0.6 is 0 Å². The van der Waals surface area contributed by atoms with E-state index in [1.54, 1.807) is 36.4 Å². The van der Waals surface area contributed by atoms with Gasteiger partial charge in [-0.2, -0.15) is 0 Å². The van der Waals surface area contributed by atoms with Gasteiger partial charge in [-0.05, 0) is 30.3 Å². The van der Waals surface area contributed by atoms with Gasteiger partial charge in [0.1, 0.15) is 11.5 Å². The molecule has 3 aromatic rings. The molecular weight excluding hydrogens is 285 g/mol. The number of carbonyl (C=O) groups is 1. The summed E-state index contributed by atoms with van der Waals surface area (Å²) < 4.78 is 14.4. The lowest BCUT2D eigenvalue weighted by atomic mass is 10.2. The molecule has 1 aromatic heterocycles. The van der Waals surface area contributed by atoms with Crippen molar-refractivity contribution in [2.24, 2.45) is 0 Å². The number of hydrogen-bond acceptors (Lipinski definition) is 2. The normalized spacial score (nSPS) is 10.4. The number of nitrogens with one attached hydrogen (secondary N) is 2. The summed E-state index contributed by atoms with van der Waals surface area (Å²) in [5.74, 6) is -0.836.